The monoisotopic (exact) mass is 335 g/mol. The van der Waals surface area contributed by atoms with E-state index < -0.39 is 10.8 Å². The average molecular weight is 335 g/mol. The van der Waals surface area contributed by atoms with E-state index >= 15 is 0 Å². The summed E-state index contributed by atoms with van der Waals surface area (Å²) < 4.78 is 21.8. The average Bonchev–Trinajstić information content (AvgIpc) is 3.03. The van der Waals surface area contributed by atoms with Gasteiger partial charge in [-0.05, 0) is 29.8 Å². The molecule has 0 saturated carbocycles. The van der Waals surface area contributed by atoms with Gasteiger partial charge in [0.05, 0.1) is 19.4 Å². The van der Waals surface area contributed by atoms with E-state index in [1.165, 1.54) is 0 Å². The van der Waals surface area contributed by atoms with Gasteiger partial charge in [0.25, 0.3) is 5.91 Å². The fourth-order valence-electron chi connectivity index (χ4n) is 2.26. The molecule has 5 nitrogen and oxygen atoms in total. The summed E-state index contributed by atoms with van der Waals surface area (Å²) in [5, 5.41) is 0. The molecule has 1 aromatic carbocycles. The van der Waals surface area contributed by atoms with Crippen molar-refractivity contribution in [1.29, 1.82) is 0 Å². The fraction of sp³-hybridized carbons (Fsp3) is 0.353. The van der Waals surface area contributed by atoms with Crippen molar-refractivity contribution in [3.05, 3.63) is 59.5 Å². The van der Waals surface area contributed by atoms with Crippen LogP contribution >= 0.6 is 0 Å². The highest BCUT2D eigenvalue weighted by atomic mass is 32.2. The number of hydrogen-bond donors (Lipinski definition) is 0. The third-order valence-electron chi connectivity index (χ3n) is 3.32. The van der Waals surface area contributed by atoms with Crippen LogP contribution in [0.25, 0.3) is 0 Å². The first-order chi connectivity index (χ1) is 11.1. The van der Waals surface area contributed by atoms with Gasteiger partial charge < -0.3 is 14.1 Å². The van der Waals surface area contributed by atoms with Gasteiger partial charge in [-0.1, -0.05) is 12.1 Å². The van der Waals surface area contributed by atoms with Crippen LogP contribution < -0.4 is 0 Å². The zero-order valence-corrected chi connectivity index (χ0v) is 14.2. The molecule has 2 rings (SSSR count). The van der Waals surface area contributed by atoms with Gasteiger partial charge in [-0.25, -0.2) is 0 Å². The Morgan fingerprint density at radius 3 is 2.78 bits per heavy atom. The number of methoxy groups -OCH3 is 1. The van der Waals surface area contributed by atoms with Gasteiger partial charge in [-0.3, -0.25) is 9.00 Å². The van der Waals surface area contributed by atoms with Crippen LogP contribution in [-0.2, 0) is 27.8 Å². The standard InChI is InChI=1S/C17H21NO4S/c1-21-10-8-18(12-16-7-4-9-22-16)17(19)15-6-3-5-14(11-15)13-23(2)20/h3-7,9,11H,8,10,12-13H2,1-2H3. The predicted octanol–water partition coefficient (Wildman–Crippen LogP) is 2.45. The lowest BCUT2D eigenvalue weighted by atomic mass is 10.1. The first-order valence-electron chi connectivity index (χ1n) is 7.29. The first kappa shape index (κ1) is 17.4. The zero-order chi connectivity index (χ0) is 16.7. The van der Waals surface area contributed by atoms with Gasteiger partial charge in [0, 0.05) is 42.0 Å². The van der Waals surface area contributed by atoms with E-state index in [4.69, 9.17) is 9.15 Å². The van der Waals surface area contributed by atoms with Crippen LogP contribution in [0.4, 0.5) is 0 Å². The van der Waals surface area contributed by atoms with E-state index in [1.54, 1.807) is 42.7 Å². The molecule has 0 fully saturated rings. The Kier molecular flexibility index (Phi) is 6.55. The quantitative estimate of drug-likeness (QED) is 0.743. The highest BCUT2D eigenvalue weighted by Crippen LogP contribution is 2.13. The lowest BCUT2D eigenvalue weighted by molar-refractivity contribution is 0.0666. The van der Waals surface area contributed by atoms with E-state index in [9.17, 15) is 9.00 Å². The number of rotatable bonds is 8. The number of nitrogens with zero attached hydrogens (tertiary/aromatic N) is 1. The van der Waals surface area contributed by atoms with Crippen molar-refractivity contribution >= 4 is 16.7 Å². The molecule has 0 aliphatic carbocycles. The third kappa shape index (κ3) is 5.33. The minimum atomic E-state index is -0.940. The van der Waals surface area contributed by atoms with Gasteiger partial charge in [-0.2, -0.15) is 0 Å². The molecule has 0 aliphatic rings. The maximum atomic E-state index is 12.8. The van der Waals surface area contributed by atoms with E-state index in [2.05, 4.69) is 0 Å². The lowest BCUT2D eigenvalue weighted by Gasteiger charge is -2.21. The summed E-state index contributed by atoms with van der Waals surface area (Å²) in [5.74, 6) is 1.07. The van der Waals surface area contributed by atoms with E-state index in [0.29, 0.717) is 31.0 Å². The third-order valence-corrected chi connectivity index (χ3v) is 4.06. The second-order valence-electron chi connectivity index (χ2n) is 5.22. The minimum Gasteiger partial charge on any atom is -0.467 e. The molecule has 0 spiro atoms. The van der Waals surface area contributed by atoms with Crippen molar-refractivity contribution in [2.75, 3.05) is 26.5 Å². The van der Waals surface area contributed by atoms with E-state index in [-0.39, 0.29) is 5.91 Å². The van der Waals surface area contributed by atoms with Crippen LogP contribution in [0.2, 0.25) is 0 Å². The number of ether oxygens (including phenoxy) is 1. The number of benzene rings is 1. The number of carbonyl (C=O) groups excluding carboxylic acids is 1. The van der Waals surface area contributed by atoms with E-state index in [0.717, 1.165) is 11.3 Å². The molecule has 6 heteroatoms. The molecule has 1 aromatic heterocycles. The molecule has 0 bridgehead atoms. The van der Waals surface area contributed by atoms with Crippen LogP contribution in [-0.4, -0.2) is 41.5 Å². The summed E-state index contributed by atoms with van der Waals surface area (Å²) in [4.78, 5) is 14.5. The summed E-state index contributed by atoms with van der Waals surface area (Å²) in [5.41, 5.74) is 1.47. The van der Waals surface area contributed by atoms with Crippen molar-refractivity contribution in [3.63, 3.8) is 0 Å². The Labute approximate surface area is 138 Å². The summed E-state index contributed by atoms with van der Waals surface area (Å²) in [6.45, 7) is 1.31. The van der Waals surface area contributed by atoms with Crippen molar-refractivity contribution in [2.45, 2.75) is 12.3 Å². The molecule has 0 N–H and O–H groups in total. The molecular formula is C17H21NO4S. The Bertz CT molecular complexity index is 654. The lowest BCUT2D eigenvalue weighted by Crippen LogP contribution is -2.33. The maximum Gasteiger partial charge on any atom is 0.254 e. The molecule has 1 heterocycles. The van der Waals surface area contributed by atoms with Crippen LogP contribution in [0.3, 0.4) is 0 Å². The van der Waals surface area contributed by atoms with Crippen molar-refractivity contribution in [1.82, 2.24) is 4.90 Å². The van der Waals surface area contributed by atoms with Crippen LogP contribution in [0.1, 0.15) is 21.7 Å². The Morgan fingerprint density at radius 2 is 2.13 bits per heavy atom. The molecule has 23 heavy (non-hydrogen) atoms. The SMILES string of the molecule is COCCN(Cc1ccco1)C(=O)c1cccc(CS(C)=O)c1. The number of amides is 1. The number of hydrogen-bond acceptors (Lipinski definition) is 4. The van der Waals surface area contributed by atoms with Gasteiger partial charge in [0.2, 0.25) is 0 Å². The van der Waals surface area contributed by atoms with Gasteiger partial charge >= 0.3 is 0 Å². The molecule has 1 atom stereocenters. The molecule has 1 amide bonds. The molecule has 124 valence electrons. The van der Waals surface area contributed by atoms with Gasteiger partial charge in [0.1, 0.15) is 5.76 Å². The highest BCUT2D eigenvalue weighted by Gasteiger charge is 2.17. The topological polar surface area (TPSA) is 59.8 Å². The largest absolute Gasteiger partial charge is 0.467 e. The normalized spacial score (nSPS) is 12.1. The summed E-state index contributed by atoms with van der Waals surface area (Å²) in [7, 11) is 0.664. The number of carbonyl (C=O) groups is 1. The van der Waals surface area contributed by atoms with Gasteiger partial charge in [-0.15, -0.1) is 0 Å². The molecule has 0 aliphatic heterocycles. The Morgan fingerprint density at radius 1 is 1.30 bits per heavy atom. The van der Waals surface area contributed by atoms with Crippen molar-refractivity contribution in [3.8, 4) is 0 Å². The van der Waals surface area contributed by atoms with E-state index in [1.807, 2.05) is 18.2 Å². The van der Waals surface area contributed by atoms with Crippen molar-refractivity contribution in [2.24, 2.45) is 0 Å². The molecule has 0 radical (unpaired) electrons. The fourth-order valence-corrected chi connectivity index (χ4v) is 2.90. The molecule has 0 saturated heterocycles. The Hall–Kier alpha value is -1.92. The smallest absolute Gasteiger partial charge is 0.254 e. The summed E-state index contributed by atoms with van der Waals surface area (Å²) in [6.07, 6.45) is 3.24. The Balaban J connectivity index is 2.16. The van der Waals surface area contributed by atoms with Gasteiger partial charge in [0.15, 0.2) is 0 Å². The summed E-state index contributed by atoms with van der Waals surface area (Å²) in [6, 6.07) is 10.9. The van der Waals surface area contributed by atoms with Crippen LogP contribution in [0.15, 0.2) is 47.1 Å². The second kappa shape index (κ2) is 8.64. The first-order valence-corrected chi connectivity index (χ1v) is 9.02. The van der Waals surface area contributed by atoms with Crippen LogP contribution in [0, 0.1) is 0 Å². The summed E-state index contributed by atoms with van der Waals surface area (Å²) >= 11 is 0. The van der Waals surface area contributed by atoms with Crippen LogP contribution in [0.5, 0.6) is 0 Å². The maximum absolute atomic E-state index is 12.8. The predicted molar refractivity (Wildman–Crippen MR) is 89.5 cm³/mol. The minimum absolute atomic E-state index is 0.0952. The van der Waals surface area contributed by atoms with Crippen molar-refractivity contribution < 1.29 is 18.2 Å². The second-order valence-corrected chi connectivity index (χ2v) is 6.65. The number of furan rings is 1. The molecule has 1 unspecified atom stereocenters. The zero-order valence-electron chi connectivity index (χ0n) is 13.4. The highest BCUT2D eigenvalue weighted by molar-refractivity contribution is 7.83. The molecular weight excluding hydrogens is 314 g/mol. The molecule has 2 aromatic rings.